The van der Waals surface area contributed by atoms with Gasteiger partial charge in [-0.25, -0.2) is 0 Å². The van der Waals surface area contributed by atoms with Crippen molar-refractivity contribution in [2.24, 2.45) is 0 Å². The lowest BCUT2D eigenvalue weighted by Crippen LogP contribution is -2.29. The van der Waals surface area contributed by atoms with Crippen molar-refractivity contribution >= 4 is 28.8 Å². The summed E-state index contributed by atoms with van der Waals surface area (Å²) in [7, 11) is 1.56. The van der Waals surface area contributed by atoms with Crippen LogP contribution in [-0.2, 0) is 16.1 Å². The molecular weight excluding hydrogens is 400 g/mol. The van der Waals surface area contributed by atoms with E-state index in [0.29, 0.717) is 17.0 Å². The number of hydrogen-bond donors (Lipinski definition) is 1. The number of carbonyl (C=O) groups is 2. The molecule has 0 saturated carbocycles. The SMILES string of the molecule is COc1ccc(/C(O)=C2/C(=O)C(=O)N(Cc3ccccn3)C2c2cccs2)c(C)c1. The molecule has 152 valence electrons. The van der Waals surface area contributed by atoms with Crippen molar-refractivity contribution in [3.8, 4) is 5.75 Å². The van der Waals surface area contributed by atoms with E-state index in [4.69, 9.17) is 4.74 Å². The lowest BCUT2D eigenvalue weighted by atomic mass is 9.97. The predicted octanol–water partition coefficient (Wildman–Crippen LogP) is 4.08. The summed E-state index contributed by atoms with van der Waals surface area (Å²) in [5.41, 5.74) is 1.99. The van der Waals surface area contributed by atoms with Gasteiger partial charge in [-0.3, -0.25) is 14.6 Å². The van der Waals surface area contributed by atoms with Gasteiger partial charge in [0.1, 0.15) is 17.6 Å². The third-order valence-corrected chi connectivity index (χ3v) is 6.02. The molecule has 6 nitrogen and oxygen atoms in total. The van der Waals surface area contributed by atoms with Crippen LogP contribution in [0.2, 0.25) is 0 Å². The van der Waals surface area contributed by atoms with Crippen LogP contribution in [0.3, 0.4) is 0 Å². The van der Waals surface area contributed by atoms with E-state index in [2.05, 4.69) is 4.98 Å². The maximum absolute atomic E-state index is 13.0. The molecule has 1 aliphatic heterocycles. The van der Waals surface area contributed by atoms with E-state index in [1.54, 1.807) is 43.6 Å². The number of aliphatic hydroxyl groups excluding tert-OH is 1. The minimum Gasteiger partial charge on any atom is -0.507 e. The number of hydrogen-bond acceptors (Lipinski definition) is 6. The Morgan fingerprint density at radius 1 is 1.20 bits per heavy atom. The van der Waals surface area contributed by atoms with Crippen LogP contribution in [0.4, 0.5) is 0 Å². The smallest absolute Gasteiger partial charge is 0.296 e. The molecule has 1 saturated heterocycles. The van der Waals surface area contributed by atoms with Gasteiger partial charge in [-0.2, -0.15) is 0 Å². The molecule has 0 spiro atoms. The number of likely N-dealkylation sites (tertiary alicyclic amines) is 1. The van der Waals surface area contributed by atoms with Gasteiger partial charge in [0.15, 0.2) is 0 Å². The van der Waals surface area contributed by atoms with Crippen LogP contribution in [0.25, 0.3) is 5.76 Å². The van der Waals surface area contributed by atoms with Crippen molar-refractivity contribution < 1.29 is 19.4 Å². The number of ketones is 1. The zero-order chi connectivity index (χ0) is 21.3. The molecule has 1 unspecified atom stereocenters. The second-order valence-electron chi connectivity index (χ2n) is 6.94. The number of benzene rings is 1. The van der Waals surface area contributed by atoms with Gasteiger partial charge in [0.05, 0.1) is 24.9 Å². The monoisotopic (exact) mass is 420 g/mol. The second-order valence-corrected chi connectivity index (χ2v) is 7.92. The zero-order valence-electron chi connectivity index (χ0n) is 16.5. The Kier molecular flexibility index (Phi) is 5.37. The third-order valence-electron chi connectivity index (χ3n) is 5.10. The first-order chi connectivity index (χ1) is 14.5. The summed E-state index contributed by atoms with van der Waals surface area (Å²) in [6, 6.07) is 13.7. The molecule has 1 aliphatic rings. The summed E-state index contributed by atoms with van der Waals surface area (Å²) in [4.78, 5) is 32.5. The van der Waals surface area contributed by atoms with Gasteiger partial charge in [0.2, 0.25) is 0 Å². The molecule has 0 bridgehead atoms. The molecule has 1 N–H and O–H groups in total. The van der Waals surface area contributed by atoms with Crippen LogP contribution in [0.1, 0.15) is 27.7 Å². The Labute approximate surface area is 178 Å². The first kappa shape index (κ1) is 19.8. The lowest BCUT2D eigenvalue weighted by molar-refractivity contribution is -0.140. The number of aryl methyl sites for hydroxylation is 1. The highest BCUT2D eigenvalue weighted by atomic mass is 32.1. The molecule has 3 aromatic rings. The Morgan fingerprint density at radius 2 is 2.03 bits per heavy atom. The fraction of sp³-hybridized carbons (Fsp3) is 0.174. The number of ether oxygens (including phenoxy) is 1. The minimum absolute atomic E-state index is 0.0895. The molecule has 0 aliphatic carbocycles. The number of aromatic nitrogens is 1. The minimum atomic E-state index is -0.697. The van der Waals surface area contributed by atoms with Gasteiger partial charge in [-0.1, -0.05) is 12.1 Å². The van der Waals surface area contributed by atoms with Crippen molar-refractivity contribution in [1.29, 1.82) is 0 Å². The zero-order valence-corrected chi connectivity index (χ0v) is 17.3. The molecule has 2 aromatic heterocycles. The van der Waals surface area contributed by atoms with E-state index >= 15 is 0 Å². The van der Waals surface area contributed by atoms with Crippen LogP contribution in [0, 0.1) is 6.92 Å². The number of aliphatic hydroxyl groups is 1. The summed E-state index contributed by atoms with van der Waals surface area (Å²) < 4.78 is 5.22. The van der Waals surface area contributed by atoms with Gasteiger partial charge >= 0.3 is 0 Å². The van der Waals surface area contributed by atoms with Crippen molar-refractivity contribution in [3.63, 3.8) is 0 Å². The van der Waals surface area contributed by atoms with Crippen LogP contribution in [0.5, 0.6) is 5.75 Å². The number of Topliss-reactive ketones (excluding diaryl/α,β-unsaturated/α-hetero) is 1. The number of rotatable bonds is 5. The van der Waals surface area contributed by atoms with Crippen molar-refractivity contribution in [2.75, 3.05) is 7.11 Å². The number of pyridine rings is 1. The number of methoxy groups -OCH3 is 1. The highest BCUT2D eigenvalue weighted by molar-refractivity contribution is 7.10. The first-order valence-corrected chi connectivity index (χ1v) is 10.3. The van der Waals surface area contributed by atoms with Gasteiger partial charge in [0.25, 0.3) is 11.7 Å². The van der Waals surface area contributed by atoms with E-state index in [0.717, 1.165) is 10.4 Å². The number of thiophene rings is 1. The number of nitrogens with zero attached hydrogens (tertiary/aromatic N) is 2. The molecule has 4 rings (SSSR count). The predicted molar refractivity (Wildman–Crippen MR) is 114 cm³/mol. The third kappa shape index (κ3) is 3.48. The highest BCUT2D eigenvalue weighted by Crippen LogP contribution is 2.42. The van der Waals surface area contributed by atoms with E-state index in [-0.39, 0.29) is 17.9 Å². The average Bonchev–Trinajstić information content (AvgIpc) is 3.37. The molecule has 3 heterocycles. The summed E-state index contributed by atoms with van der Waals surface area (Å²) in [6.07, 6.45) is 1.65. The van der Waals surface area contributed by atoms with Crippen LogP contribution < -0.4 is 4.74 Å². The Bertz CT molecular complexity index is 1120. The topological polar surface area (TPSA) is 79.7 Å². The molecular formula is C23H20N2O4S. The average molecular weight is 420 g/mol. The normalized spacial score (nSPS) is 18.1. The Balaban J connectivity index is 1.84. The standard InChI is InChI=1S/C23H20N2O4S/c1-14-12-16(29-2)8-9-17(14)21(26)19-20(18-7-5-11-30-18)25(23(28)22(19)27)13-15-6-3-4-10-24-15/h3-12,20,26H,13H2,1-2H3/b21-19-. The fourth-order valence-electron chi connectivity index (χ4n) is 3.63. The number of carbonyl (C=O) groups excluding carboxylic acids is 2. The molecule has 1 amide bonds. The van der Waals surface area contributed by atoms with Crippen molar-refractivity contribution in [3.05, 3.63) is 87.4 Å². The lowest BCUT2D eigenvalue weighted by Gasteiger charge is -2.23. The number of amides is 1. The van der Waals surface area contributed by atoms with Crippen molar-refractivity contribution in [1.82, 2.24) is 9.88 Å². The van der Waals surface area contributed by atoms with Gasteiger partial charge in [0, 0.05) is 16.6 Å². The highest BCUT2D eigenvalue weighted by Gasteiger charge is 2.46. The molecule has 30 heavy (non-hydrogen) atoms. The van der Waals surface area contributed by atoms with E-state index < -0.39 is 17.7 Å². The van der Waals surface area contributed by atoms with E-state index in [1.807, 2.05) is 30.5 Å². The molecule has 1 fully saturated rings. The largest absolute Gasteiger partial charge is 0.507 e. The Hall–Kier alpha value is -3.45. The maximum atomic E-state index is 13.0. The maximum Gasteiger partial charge on any atom is 0.296 e. The first-order valence-electron chi connectivity index (χ1n) is 9.38. The van der Waals surface area contributed by atoms with Crippen LogP contribution >= 0.6 is 11.3 Å². The summed E-state index contributed by atoms with van der Waals surface area (Å²) in [5.74, 6) is -0.881. The van der Waals surface area contributed by atoms with Gasteiger partial charge in [-0.05, 0) is 54.3 Å². The van der Waals surface area contributed by atoms with Gasteiger partial charge in [-0.15, -0.1) is 11.3 Å². The van der Waals surface area contributed by atoms with E-state index in [9.17, 15) is 14.7 Å². The van der Waals surface area contributed by atoms with Gasteiger partial charge < -0.3 is 14.7 Å². The van der Waals surface area contributed by atoms with Crippen LogP contribution in [0.15, 0.2) is 65.7 Å². The molecule has 0 radical (unpaired) electrons. The van der Waals surface area contributed by atoms with Crippen LogP contribution in [-0.4, -0.2) is 33.8 Å². The van der Waals surface area contributed by atoms with E-state index in [1.165, 1.54) is 16.2 Å². The summed E-state index contributed by atoms with van der Waals surface area (Å²) in [6.45, 7) is 1.99. The fourth-order valence-corrected chi connectivity index (χ4v) is 4.47. The second kappa shape index (κ2) is 8.12. The molecule has 7 heteroatoms. The quantitative estimate of drug-likeness (QED) is 0.382. The Morgan fingerprint density at radius 3 is 2.67 bits per heavy atom. The molecule has 1 aromatic carbocycles. The van der Waals surface area contributed by atoms with Crippen molar-refractivity contribution in [2.45, 2.75) is 19.5 Å². The summed E-state index contributed by atoms with van der Waals surface area (Å²) >= 11 is 1.43. The summed E-state index contributed by atoms with van der Waals surface area (Å²) in [5, 5.41) is 13.0. The molecule has 1 atom stereocenters.